The molecule has 0 radical (unpaired) electrons. The zero-order valence-corrected chi connectivity index (χ0v) is 24.3. The number of ether oxygens (including phenoxy) is 2. The second-order valence-electron chi connectivity index (χ2n) is 11.4. The second-order valence-corrected chi connectivity index (χ2v) is 13.7. The van der Waals surface area contributed by atoms with Crippen molar-refractivity contribution in [3.05, 3.63) is 41.1 Å². The van der Waals surface area contributed by atoms with E-state index in [0.29, 0.717) is 37.6 Å². The van der Waals surface area contributed by atoms with Crippen molar-refractivity contribution in [2.45, 2.75) is 37.8 Å². The molecule has 2 atom stereocenters. The summed E-state index contributed by atoms with van der Waals surface area (Å²) in [7, 11) is -3.16. The van der Waals surface area contributed by atoms with Gasteiger partial charge in [-0.1, -0.05) is 0 Å². The van der Waals surface area contributed by atoms with Crippen LogP contribution >= 0.6 is 0 Å². The van der Waals surface area contributed by atoms with Gasteiger partial charge in [-0.25, -0.2) is 13.4 Å². The highest BCUT2D eigenvalue weighted by Gasteiger charge is 2.39. The number of likely N-dealkylation sites (tertiary alicyclic amines) is 2. The number of fused-ring (bicyclic) bond motifs is 2. The van der Waals surface area contributed by atoms with Crippen LogP contribution in [0, 0.1) is 11.3 Å². The van der Waals surface area contributed by atoms with Crippen LogP contribution in [0.3, 0.4) is 0 Å². The predicted octanol–water partition coefficient (Wildman–Crippen LogP) is 2.42. The lowest BCUT2D eigenvalue weighted by atomic mass is 9.88. The molecule has 11 nitrogen and oxygen atoms in total. The van der Waals surface area contributed by atoms with Gasteiger partial charge in [-0.15, -0.1) is 0 Å². The molecule has 5 heterocycles. The predicted molar refractivity (Wildman–Crippen MR) is 154 cm³/mol. The van der Waals surface area contributed by atoms with Gasteiger partial charge in [0, 0.05) is 75.8 Å². The molecule has 218 valence electrons. The van der Waals surface area contributed by atoms with Gasteiger partial charge in [0.25, 0.3) is 0 Å². The number of benzene rings is 1. The van der Waals surface area contributed by atoms with Gasteiger partial charge in [0.1, 0.15) is 27.8 Å². The van der Waals surface area contributed by atoms with E-state index >= 15 is 0 Å². The van der Waals surface area contributed by atoms with Crippen LogP contribution in [0.5, 0.6) is 5.75 Å². The molecule has 1 N–H and O–H groups in total. The first-order valence-corrected chi connectivity index (χ1v) is 16.3. The Morgan fingerprint density at radius 3 is 2.71 bits per heavy atom. The lowest BCUT2D eigenvalue weighted by molar-refractivity contribution is -0.130. The number of aromatic nitrogens is 1. The smallest absolute Gasteiger partial charge is 0.223 e. The average molecular weight is 581 g/mol. The van der Waals surface area contributed by atoms with E-state index in [-0.39, 0.29) is 36.1 Å². The van der Waals surface area contributed by atoms with E-state index in [4.69, 9.17) is 9.47 Å². The van der Waals surface area contributed by atoms with Crippen LogP contribution in [-0.4, -0.2) is 99.6 Å². The summed E-state index contributed by atoms with van der Waals surface area (Å²) in [6.07, 6.45) is 3.59. The monoisotopic (exact) mass is 580 g/mol. The van der Waals surface area contributed by atoms with Crippen LogP contribution in [0.1, 0.15) is 48.5 Å². The quantitative estimate of drug-likeness (QED) is 0.544. The molecule has 1 aromatic heterocycles. The van der Waals surface area contributed by atoms with Gasteiger partial charge in [-0.3, -0.25) is 9.69 Å². The highest BCUT2D eigenvalue weighted by molar-refractivity contribution is 7.90. The molecule has 0 spiro atoms. The first-order valence-electron chi connectivity index (χ1n) is 14.2. The Kier molecular flexibility index (Phi) is 7.52. The standard InChI is InChI=1S/C29H36N6O5S/c1-19-27-25(33-8-10-39-11-9-33)3-6-31-29(27)32-24-14-20(13-21(15-30)28(24)40-19)22-16-35(17-22)23-4-7-34(18-23)26(36)5-12-41(2,37)38/h3,6,13-14,19,22-23H,4-5,7-12,16-18H2,1-2H3,(H,31,32)/t19-,23?/m1/s1. The van der Waals surface area contributed by atoms with Gasteiger partial charge in [-0.2, -0.15) is 5.26 Å². The topological polar surface area (TPSA) is 128 Å². The number of morpholine rings is 1. The van der Waals surface area contributed by atoms with E-state index in [9.17, 15) is 18.5 Å². The van der Waals surface area contributed by atoms with E-state index in [1.54, 1.807) is 4.90 Å². The number of nitrogens with zero attached hydrogens (tertiary/aromatic N) is 5. The number of rotatable bonds is 6. The van der Waals surface area contributed by atoms with E-state index < -0.39 is 9.84 Å². The fourth-order valence-corrected chi connectivity index (χ4v) is 6.86. The number of pyridine rings is 1. The number of carbonyl (C=O) groups excluding carboxylic acids is 1. The summed E-state index contributed by atoms with van der Waals surface area (Å²) >= 11 is 0. The number of amides is 1. The molecule has 4 aliphatic heterocycles. The molecular formula is C29H36N6O5S. The fourth-order valence-electron chi connectivity index (χ4n) is 6.32. The van der Waals surface area contributed by atoms with Crippen LogP contribution in [0.25, 0.3) is 0 Å². The van der Waals surface area contributed by atoms with E-state index in [2.05, 4.69) is 32.2 Å². The number of carbonyl (C=O) groups is 1. The van der Waals surface area contributed by atoms with Gasteiger partial charge in [-0.05, 0) is 37.1 Å². The summed E-state index contributed by atoms with van der Waals surface area (Å²) in [6, 6.07) is 8.65. The minimum atomic E-state index is -3.16. The first kappa shape index (κ1) is 27.8. The molecule has 3 fully saturated rings. The maximum Gasteiger partial charge on any atom is 0.223 e. The van der Waals surface area contributed by atoms with E-state index in [1.165, 1.54) is 0 Å². The summed E-state index contributed by atoms with van der Waals surface area (Å²) in [4.78, 5) is 23.6. The lowest BCUT2D eigenvalue weighted by Crippen LogP contribution is -2.51. The molecule has 41 heavy (non-hydrogen) atoms. The van der Waals surface area contributed by atoms with E-state index in [1.807, 2.05) is 25.3 Å². The Morgan fingerprint density at radius 1 is 1.20 bits per heavy atom. The maximum absolute atomic E-state index is 12.5. The van der Waals surface area contributed by atoms with Gasteiger partial charge < -0.3 is 24.6 Å². The molecule has 1 aromatic carbocycles. The van der Waals surface area contributed by atoms with Crippen molar-refractivity contribution in [2.75, 3.05) is 74.7 Å². The highest BCUT2D eigenvalue weighted by atomic mass is 32.2. The van der Waals surface area contributed by atoms with Crippen molar-refractivity contribution < 1.29 is 22.7 Å². The van der Waals surface area contributed by atoms with Gasteiger partial charge in [0.15, 0.2) is 5.75 Å². The number of hydrogen-bond donors (Lipinski definition) is 1. The molecule has 6 rings (SSSR count). The van der Waals surface area contributed by atoms with Crippen LogP contribution in [0.4, 0.5) is 17.2 Å². The van der Waals surface area contributed by atoms with Crippen molar-refractivity contribution in [3.8, 4) is 11.8 Å². The summed E-state index contributed by atoms with van der Waals surface area (Å²) in [5.41, 5.74) is 4.37. The summed E-state index contributed by atoms with van der Waals surface area (Å²) in [6.45, 7) is 7.92. The molecular weight excluding hydrogens is 544 g/mol. The Hall–Kier alpha value is -3.40. The molecule has 1 amide bonds. The van der Waals surface area contributed by atoms with Crippen molar-refractivity contribution in [3.63, 3.8) is 0 Å². The third-order valence-corrected chi connectivity index (χ3v) is 9.55. The van der Waals surface area contributed by atoms with Crippen LogP contribution in [-0.2, 0) is 19.4 Å². The largest absolute Gasteiger partial charge is 0.482 e. The third kappa shape index (κ3) is 5.71. The summed E-state index contributed by atoms with van der Waals surface area (Å²) in [5, 5.41) is 13.6. The van der Waals surface area contributed by atoms with Crippen molar-refractivity contribution in [2.24, 2.45) is 0 Å². The van der Waals surface area contributed by atoms with Gasteiger partial charge in [0.05, 0.1) is 35.8 Å². The van der Waals surface area contributed by atoms with Gasteiger partial charge in [0.2, 0.25) is 5.91 Å². The number of nitriles is 1. The number of nitrogens with one attached hydrogen (secondary N) is 1. The Labute approximate surface area is 240 Å². The van der Waals surface area contributed by atoms with Crippen molar-refractivity contribution in [1.82, 2.24) is 14.8 Å². The Bertz CT molecular complexity index is 1480. The van der Waals surface area contributed by atoms with Crippen LogP contribution in [0.2, 0.25) is 0 Å². The van der Waals surface area contributed by atoms with Crippen LogP contribution < -0.4 is 15.0 Å². The molecule has 0 saturated carbocycles. The number of hydrogen-bond acceptors (Lipinski definition) is 10. The number of sulfone groups is 1. The minimum absolute atomic E-state index is 0.0415. The molecule has 3 saturated heterocycles. The SMILES string of the molecule is C[C@H]1Oc2c(C#N)cc(C3CN(C4CCN(C(=O)CCS(C)(=O)=O)C4)C3)cc2Nc2nccc(N3CCOCC3)c21. The lowest BCUT2D eigenvalue weighted by Gasteiger charge is -2.43. The third-order valence-electron chi connectivity index (χ3n) is 8.61. The maximum atomic E-state index is 12.5. The summed E-state index contributed by atoms with van der Waals surface area (Å²) < 4.78 is 34.9. The molecule has 12 heteroatoms. The minimum Gasteiger partial charge on any atom is -0.482 e. The van der Waals surface area contributed by atoms with Crippen molar-refractivity contribution in [1.29, 1.82) is 5.26 Å². The Balaban J connectivity index is 1.16. The molecule has 0 aliphatic carbocycles. The fraction of sp³-hybridized carbons (Fsp3) is 0.552. The van der Waals surface area contributed by atoms with Crippen LogP contribution in [0.15, 0.2) is 24.4 Å². The zero-order valence-electron chi connectivity index (χ0n) is 23.5. The molecule has 4 aliphatic rings. The van der Waals surface area contributed by atoms with Gasteiger partial charge >= 0.3 is 0 Å². The first-order chi connectivity index (χ1) is 19.7. The molecule has 2 aromatic rings. The zero-order chi connectivity index (χ0) is 28.7. The molecule has 0 bridgehead atoms. The van der Waals surface area contributed by atoms with E-state index in [0.717, 1.165) is 67.2 Å². The normalized spacial score (nSPS) is 23.0. The van der Waals surface area contributed by atoms with Crippen molar-refractivity contribution >= 4 is 32.9 Å². The molecule has 1 unspecified atom stereocenters. The average Bonchev–Trinajstić information content (AvgIpc) is 3.36. The highest BCUT2D eigenvalue weighted by Crippen LogP contribution is 2.45. The Morgan fingerprint density at radius 2 is 1.98 bits per heavy atom. The number of anilines is 3. The second kappa shape index (κ2) is 11.1. The summed E-state index contributed by atoms with van der Waals surface area (Å²) in [5.74, 6) is 1.35.